The third kappa shape index (κ3) is 5.63. The van der Waals surface area contributed by atoms with Gasteiger partial charge < -0.3 is 9.47 Å². The fourth-order valence-corrected chi connectivity index (χ4v) is 4.51. The van der Waals surface area contributed by atoms with Gasteiger partial charge in [0.25, 0.3) is 5.56 Å². The van der Waals surface area contributed by atoms with E-state index in [-0.39, 0.29) is 34.0 Å². The highest BCUT2D eigenvalue weighted by Gasteiger charge is 2.22. The minimum atomic E-state index is -0.565. The van der Waals surface area contributed by atoms with Crippen molar-refractivity contribution in [3.63, 3.8) is 0 Å². The number of hydrogen-bond donors (Lipinski definition) is 0. The Morgan fingerprint density at radius 1 is 1.13 bits per heavy atom. The van der Waals surface area contributed by atoms with E-state index in [1.165, 1.54) is 23.0 Å². The predicted octanol–water partition coefficient (Wildman–Crippen LogP) is 6.73. The van der Waals surface area contributed by atoms with Gasteiger partial charge in [-0.3, -0.25) is 14.9 Å². The van der Waals surface area contributed by atoms with Gasteiger partial charge in [0.1, 0.15) is 5.75 Å². The van der Waals surface area contributed by atoms with Crippen LogP contribution in [0.4, 0.5) is 5.69 Å². The number of benzene rings is 3. The van der Waals surface area contributed by atoms with E-state index in [1.54, 1.807) is 39.2 Å². The van der Waals surface area contributed by atoms with Crippen LogP contribution in [0.3, 0.4) is 0 Å². The molecule has 3 aromatic carbocycles. The van der Waals surface area contributed by atoms with E-state index in [1.807, 2.05) is 25.1 Å². The Labute approximate surface area is 230 Å². The van der Waals surface area contributed by atoms with Gasteiger partial charge in [0.05, 0.1) is 35.3 Å². The molecular weight excluding hydrogens is 520 g/mol. The van der Waals surface area contributed by atoms with Crippen LogP contribution in [0.15, 0.2) is 58.4 Å². The molecule has 0 amide bonds. The number of aromatic nitrogens is 2. The van der Waals surface area contributed by atoms with E-state index in [4.69, 9.17) is 26.1 Å². The minimum Gasteiger partial charge on any atom is -0.496 e. The number of halogens is 1. The Kier molecular flexibility index (Phi) is 8.01. The van der Waals surface area contributed by atoms with Gasteiger partial charge in [-0.15, -0.1) is 0 Å². The molecule has 0 spiro atoms. The Morgan fingerprint density at radius 3 is 2.49 bits per heavy atom. The number of nitrogens with zero attached hydrogens (tertiary/aromatic N) is 4. The number of fused-ring (bicyclic) bond motifs is 1. The zero-order valence-electron chi connectivity index (χ0n) is 22.6. The molecule has 39 heavy (non-hydrogen) atoms. The molecule has 4 rings (SSSR count). The summed E-state index contributed by atoms with van der Waals surface area (Å²) in [5.41, 5.74) is 2.58. The van der Waals surface area contributed by atoms with Gasteiger partial charge in [0.2, 0.25) is 5.75 Å². The average Bonchev–Trinajstić information content (AvgIpc) is 2.88. The molecule has 0 aliphatic heterocycles. The molecule has 9 nitrogen and oxygen atoms in total. The van der Waals surface area contributed by atoms with E-state index >= 15 is 0 Å². The van der Waals surface area contributed by atoms with Gasteiger partial charge in [-0.2, -0.15) is 9.78 Å². The second-order valence-corrected chi connectivity index (χ2v) is 10.1. The van der Waals surface area contributed by atoms with Crippen molar-refractivity contribution in [2.75, 3.05) is 7.11 Å². The van der Waals surface area contributed by atoms with Crippen LogP contribution >= 0.6 is 11.6 Å². The molecule has 202 valence electrons. The van der Waals surface area contributed by atoms with Crippen LogP contribution in [0, 0.1) is 17.0 Å². The zero-order chi connectivity index (χ0) is 28.4. The van der Waals surface area contributed by atoms with Crippen molar-refractivity contribution >= 4 is 34.4 Å². The summed E-state index contributed by atoms with van der Waals surface area (Å²) in [5, 5.41) is 16.8. The highest BCUT2D eigenvalue weighted by Crippen LogP contribution is 2.36. The highest BCUT2D eigenvalue weighted by atomic mass is 35.5. The van der Waals surface area contributed by atoms with Crippen LogP contribution < -0.4 is 15.0 Å². The van der Waals surface area contributed by atoms with E-state index in [0.29, 0.717) is 22.3 Å². The number of nitro benzene ring substituents is 1. The summed E-state index contributed by atoms with van der Waals surface area (Å²) in [5.74, 6) is 1.21. The lowest BCUT2D eigenvalue weighted by molar-refractivity contribution is -0.386. The number of ether oxygens (including phenoxy) is 2. The third-order valence-electron chi connectivity index (χ3n) is 6.12. The lowest BCUT2D eigenvalue weighted by Gasteiger charge is -2.17. The first-order valence-corrected chi connectivity index (χ1v) is 12.8. The van der Waals surface area contributed by atoms with Crippen molar-refractivity contribution in [2.45, 2.75) is 46.6 Å². The number of aryl methyl sites for hydroxylation is 1. The summed E-state index contributed by atoms with van der Waals surface area (Å²) < 4.78 is 12.6. The number of para-hydroxylation sites is 1. The van der Waals surface area contributed by atoms with E-state index in [0.717, 1.165) is 16.9 Å². The van der Waals surface area contributed by atoms with E-state index < -0.39 is 10.5 Å². The zero-order valence-corrected chi connectivity index (χ0v) is 23.3. The quantitative estimate of drug-likeness (QED) is 0.137. The number of rotatable bonds is 8. The molecule has 1 heterocycles. The Hall–Kier alpha value is -4.24. The smallest absolute Gasteiger partial charge is 0.313 e. The predicted molar refractivity (Wildman–Crippen MR) is 154 cm³/mol. The summed E-state index contributed by atoms with van der Waals surface area (Å²) in [4.78, 5) is 29.7. The van der Waals surface area contributed by atoms with Gasteiger partial charge >= 0.3 is 5.69 Å². The first-order chi connectivity index (χ1) is 18.5. The molecule has 10 heteroatoms. The Balaban J connectivity index is 2.02. The van der Waals surface area contributed by atoms with Crippen LogP contribution in [0.1, 0.15) is 50.3 Å². The van der Waals surface area contributed by atoms with Crippen molar-refractivity contribution in [3.8, 4) is 22.9 Å². The Bertz CT molecular complexity index is 1660. The van der Waals surface area contributed by atoms with Crippen molar-refractivity contribution in [2.24, 2.45) is 5.10 Å². The maximum Gasteiger partial charge on any atom is 0.313 e. The first-order valence-electron chi connectivity index (χ1n) is 12.4. The normalized spacial score (nSPS) is 11.6. The molecule has 0 fully saturated rings. The molecule has 0 aliphatic rings. The largest absolute Gasteiger partial charge is 0.496 e. The lowest BCUT2D eigenvalue weighted by Crippen LogP contribution is -2.21. The molecule has 4 aromatic rings. The van der Waals surface area contributed by atoms with Crippen LogP contribution in [-0.4, -0.2) is 34.0 Å². The van der Waals surface area contributed by atoms with E-state index in [9.17, 15) is 14.9 Å². The van der Waals surface area contributed by atoms with Gasteiger partial charge in [-0.1, -0.05) is 37.6 Å². The maximum atomic E-state index is 13.7. The SMILES string of the molecule is COc1cc(C)c(-c2nc3ccccc3c(=O)n2N=Cc2cc(Cl)cc([N+](=O)[O-])c2OC(C)C)cc1C(C)C. The molecule has 0 saturated carbocycles. The maximum absolute atomic E-state index is 13.7. The minimum absolute atomic E-state index is 0.00854. The van der Waals surface area contributed by atoms with Crippen molar-refractivity contribution in [3.05, 3.63) is 90.7 Å². The number of methoxy groups -OCH3 is 1. The van der Waals surface area contributed by atoms with Crippen LogP contribution in [0.5, 0.6) is 11.5 Å². The molecule has 0 saturated heterocycles. The van der Waals surface area contributed by atoms with Crippen LogP contribution in [-0.2, 0) is 0 Å². The molecular formula is C29H29ClN4O5. The van der Waals surface area contributed by atoms with Crippen molar-refractivity contribution in [1.82, 2.24) is 9.66 Å². The van der Waals surface area contributed by atoms with Gasteiger partial charge in [-0.05, 0) is 68.1 Å². The van der Waals surface area contributed by atoms with Crippen LogP contribution in [0.25, 0.3) is 22.3 Å². The molecule has 0 unspecified atom stereocenters. The van der Waals surface area contributed by atoms with Crippen LogP contribution in [0.2, 0.25) is 5.02 Å². The van der Waals surface area contributed by atoms with Gasteiger partial charge in [-0.25, -0.2) is 4.98 Å². The summed E-state index contributed by atoms with van der Waals surface area (Å²) in [6.07, 6.45) is 0.981. The fourth-order valence-electron chi connectivity index (χ4n) is 4.29. The second kappa shape index (κ2) is 11.2. The topological polar surface area (TPSA) is 109 Å². The molecule has 0 radical (unpaired) electrons. The van der Waals surface area contributed by atoms with Crippen molar-refractivity contribution in [1.29, 1.82) is 0 Å². The molecule has 0 atom stereocenters. The summed E-state index contributed by atoms with van der Waals surface area (Å²) in [6, 6.07) is 13.6. The summed E-state index contributed by atoms with van der Waals surface area (Å²) in [7, 11) is 1.62. The van der Waals surface area contributed by atoms with Gasteiger partial charge in [0, 0.05) is 22.2 Å². The number of nitro groups is 1. The first kappa shape index (κ1) is 27.8. The van der Waals surface area contributed by atoms with E-state index in [2.05, 4.69) is 18.9 Å². The second-order valence-electron chi connectivity index (χ2n) is 9.64. The lowest BCUT2D eigenvalue weighted by atomic mass is 9.96. The molecule has 0 bridgehead atoms. The number of hydrogen-bond acceptors (Lipinski definition) is 7. The molecule has 0 aliphatic carbocycles. The van der Waals surface area contributed by atoms with Gasteiger partial charge in [0.15, 0.2) is 5.82 Å². The van der Waals surface area contributed by atoms with Crippen molar-refractivity contribution < 1.29 is 14.4 Å². The summed E-state index contributed by atoms with van der Waals surface area (Å²) >= 11 is 6.20. The third-order valence-corrected chi connectivity index (χ3v) is 6.34. The summed E-state index contributed by atoms with van der Waals surface area (Å²) in [6.45, 7) is 9.53. The fraction of sp³-hybridized carbons (Fsp3) is 0.276. The monoisotopic (exact) mass is 548 g/mol. The Morgan fingerprint density at radius 2 is 1.85 bits per heavy atom. The average molecular weight is 549 g/mol. The molecule has 0 N–H and O–H groups in total. The highest BCUT2D eigenvalue weighted by molar-refractivity contribution is 6.31. The standard InChI is InChI=1S/C29H29ClN4O5/c1-16(2)22-14-23(18(5)11-26(22)38-6)28-32-24-10-8-7-9-21(24)29(35)33(28)31-15-19-12-20(30)13-25(34(36)37)27(19)39-17(3)4/h7-17H,1-6H3. The molecule has 1 aromatic heterocycles.